The van der Waals surface area contributed by atoms with Crippen LogP contribution in [0.1, 0.15) is 33.6 Å². The van der Waals surface area contributed by atoms with Gasteiger partial charge in [0, 0.05) is 18.4 Å². The fraction of sp³-hybridized carbons (Fsp3) is 0.692. The Hall–Kier alpha value is -1.92. The van der Waals surface area contributed by atoms with Crippen molar-refractivity contribution in [3.63, 3.8) is 0 Å². The van der Waals surface area contributed by atoms with Crippen LogP contribution in [0.2, 0.25) is 0 Å². The molecule has 0 atom stereocenters. The van der Waals surface area contributed by atoms with Gasteiger partial charge in [0.15, 0.2) is 0 Å². The van der Waals surface area contributed by atoms with Crippen LogP contribution in [0, 0.1) is 5.41 Å². The quantitative estimate of drug-likeness (QED) is 0.532. The number of amides is 4. The van der Waals surface area contributed by atoms with E-state index in [0.717, 1.165) is 0 Å². The second-order valence-corrected chi connectivity index (χ2v) is 5.83. The molecule has 0 aromatic carbocycles. The zero-order valence-electron chi connectivity index (χ0n) is 12.1. The lowest BCUT2D eigenvalue weighted by Crippen LogP contribution is -2.53. The molecule has 7 nitrogen and oxygen atoms in total. The molecule has 1 aliphatic rings. The average molecular weight is 283 g/mol. The largest absolute Gasteiger partial charge is 0.356 e. The molecule has 1 aliphatic heterocycles. The fourth-order valence-electron chi connectivity index (χ4n) is 1.68. The van der Waals surface area contributed by atoms with Crippen molar-refractivity contribution in [1.82, 2.24) is 15.5 Å². The fourth-order valence-corrected chi connectivity index (χ4v) is 1.68. The smallest absolute Gasteiger partial charge is 0.246 e. The first kappa shape index (κ1) is 16.1. The summed E-state index contributed by atoms with van der Waals surface area (Å²) in [5.41, 5.74) is -0.457. The highest BCUT2D eigenvalue weighted by atomic mass is 16.2. The van der Waals surface area contributed by atoms with Crippen molar-refractivity contribution in [2.75, 3.05) is 19.6 Å². The number of carbonyl (C=O) groups is 4. The van der Waals surface area contributed by atoms with E-state index >= 15 is 0 Å². The van der Waals surface area contributed by atoms with E-state index in [-0.39, 0.29) is 31.3 Å². The molecule has 1 saturated heterocycles. The molecule has 0 aliphatic carbocycles. The molecular formula is C13H21N3O4. The zero-order valence-corrected chi connectivity index (χ0v) is 12.1. The zero-order chi connectivity index (χ0) is 15.3. The summed E-state index contributed by atoms with van der Waals surface area (Å²) in [6, 6.07) is 0. The van der Waals surface area contributed by atoms with Crippen LogP contribution in [0.5, 0.6) is 0 Å². The number of nitrogens with one attached hydrogen (secondary N) is 2. The van der Waals surface area contributed by atoms with Gasteiger partial charge < -0.3 is 10.2 Å². The Labute approximate surface area is 118 Å². The van der Waals surface area contributed by atoms with Crippen LogP contribution in [0.25, 0.3) is 0 Å². The highest BCUT2D eigenvalue weighted by Crippen LogP contribution is 2.12. The minimum atomic E-state index is -0.462. The van der Waals surface area contributed by atoms with Gasteiger partial charge in [-0.15, -0.1) is 0 Å². The molecule has 1 rings (SSSR count). The molecule has 112 valence electrons. The van der Waals surface area contributed by atoms with E-state index in [1.807, 2.05) is 20.8 Å². The minimum absolute atomic E-state index is 0.0718. The third-order valence-electron chi connectivity index (χ3n) is 2.83. The third-order valence-corrected chi connectivity index (χ3v) is 2.83. The average Bonchev–Trinajstić information content (AvgIpc) is 2.31. The highest BCUT2D eigenvalue weighted by Gasteiger charge is 2.26. The van der Waals surface area contributed by atoms with Crippen molar-refractivity contribution in [3.05, 3.63) is 0 Å². The number of carbonyl (C=O) groups excluding carboxylic acids is 4. The molecule has 0 spiro atoms. The molecular weight excluding hydrogens is 262 g/mol. The predicted molar refractivity (Wildman–Crippen MR) is 71.4 cm³/mol. The third kappa shape index (κ3) is 4.99. The number of piperazine rings is 1. The monoisotopic (exact) mass is 283 g/mol. The molecule has 7 heteroatoms. The Morgan fingerprint density at radius 2 is 1.75 bits per heavy atom. The molecule has 0 aromatic rings. The van der Waals surface area contributed by atoms with Crippen LogP contribution < -0.4 is 10.6 Å². The molecule has 0 aromatic heterocycles. The first-order valence-corrected chi connectivity index (χ1v) is 6.59. The predicted octanol–water partition coefficient (Wildman–Crippen LogP) is -0.586. The standard InChI is InChI=1S/C13H21N3O4/c1-13(2,3)12(20)14-6-4-5-11(19)16-7-9(17)15-10(18)8-16/h4-8H2,1-3H3,(H,14,20)(H,15,17,18). The van der Waals surface area contributed by atoms with Crippen molar-refractivity contribution in [3.8, 4) is 0 Å². The molecule has 1 fully saturated rings. The second kappa shape index (κ2) is 6.49. The van der Waals surface area contributed by atoms with Crippen LogP contribution in [0.3, 0.4) is 0 Å². The topological polar surface area (TPSA) is 95.6 Å². The summed E-state index contributed by atoms with van der Waals surface area (Å²) in [5, 5.41) is 4.88. The first-order chi connectivity index (χ1) is 9.20. The van der Waals surface area contributed by atoms with Crippen LogP contribution in [-0.4, -0.2) is 48.2 Å². The molecule has 0 bridgehead atoms. The van der Waals surface area contributed by atoms with Gasteiger partial charge in [-0.25, -0.2) is 0 Å². The maximum atomic E-state index is 11.8. The van der Waals surface area contributed by atoms with E-state index in [1.54, 1.807) is 0 Å². The summed E-state index contributed by atoms with van der Waals surface area (Å²) in [6.07, 6.45) is 0.679. The summed E-state index contributed by atoms with van der Waals surface area (Å²) < 4.78 is 0. The molecule has 4 amide bonds. The maximum absolute atomic E-state index is 11.8. The van der Waals surface area contributed by atoms with Gasteiger partial charge in [0.25, 0.3) is 0 Å². The molecule has 0 saturated carbocycles. The number of hydrogen-bond donors (Lipinski definition) is 2. The second-order valence-electron chi connectivity index (χ2n) is 5.83. The number of nitrogens with zero attached hydrogens (tertiary/aromatic N) is 1. The highest BCUT2D eigenvalue weighted by molar-refractivity contribution is 6.02. The van der Waals surface area contributed by atoms with Gasteiger partial charge in [-0.05, 0) is 6.42 Å². The van der Waals surface area contributed by atoms with Crippen LogP contribution in [-0.2, 0) is 19.2 Å². The Bertz CT molecular complexity index is 410. The van der Waals surface area contributed by atoms with Crippen molar-refractivity contribution in [1.29, 1.82) is 0 Å². The number of imide groups is 1. The normalized spacial score (nSPS) is 15.8. The molecule has 20 heavy (non-hydrogen) atoms. The van der Waals surface area contributed by atoms with Gasteiger partial charge in [0.05, 0.1) is 0 Å². The van der Waals surface area contributed by atoms with Gasteiger partial charge in [0.1, 0.15) is 13.1 Å². The Morgan fingerprint density at radius 3 is 2.25 bits per heavy atom. The first-order valence-electron chi connectivity index (χ1n) is 6.59. The lowest BCUT2D eigenvalue weighted by Gasteiger charge is -2.25. The van der Waals surface area contributed by atoms with E-state index in [0.29, 0.717) is 13.0 Å². The van der Waals surface area contributed by atoms with Crippen molar-refractivity contribution >= 4 is 23.6 Å². The number of rotatable bonds is 4. The Balaban J connectivity index is 2.28. The summed E-state index contributed by atoms with van der Waals surface area (Å²) in [7, 11) is 0. The van der Waals surface area contributed by atoms with Crippen molar-refractivity contribution in [2.24, 2.45) is 5.41 Å². The Kier molecular flexibility index (Phi) is 5.24. The van der Waals surface area contributed by atoms with E-state index in [9.17, 15) is 19.2 Å². The minimum Gasteiger partial charge on any atom is -0.356 e. The van der Waals surface area contributed by atoms with Gasteiger partial charge in [0.2, 0.25) is 23.6 Å². The lowest BCUT2D eigenvalue weighted by molar-refractivity contribution is -0.145. The van der Waals surface area contributed by atoms with Gasteiger partial charge in [-0.3, -0.25) is 24.5 Å². The molecule has 1 heterocycles. The van der Waals surface area contributed by atoms with E-state index in [1.165, 1.54) is 4.90 Å². The van der Waals surface area contributed by atoms with E-state index < -0.39 is 17.2 Å². The molecule has 0 unspecified atom stereocenters. The van der Waals surface area contributed by atoms with Crippen LogP contribution >= 0.6 is 0 Å². The SMILES string of the molecule is CC(C)(C)C(=O)NCCCC(=O)N1CC(=O)NC(=O)C1. The number of hydrogen-bond acceptors (Lipinski definition) is 4. The summed E-state index contributed by atoms with van der Waals surface area (Å²) in [5.74, 6) is -1.25. The van der Waals surface area contributed by atoms with Gasteiger partial charge in [-0.2, -0.15) is 0 Å². The van der Waals surface area contributed by atoms with Crippen molar-refractivity contribution < 1.29 is 19.2 Å². The molecule has 0 radical (unpaired) electrons. The summed E-state index contributed by atoms with van der Waals surface area (Å²) in [6.45, 7) is 5.66. The maximum Gasteiger partial charge on any atom is 0.246 e. The summed E-state index contributed by atoms with van der Waals surface area (Å²) >= 11 is 0. The van der Waals surface area contributed by atoms with Gasteiger partial charge in [-0.1, -0.05) is 20.8 Å². The summed E-state index contributed by atoms with van der Waals surface area (Å²) in [4.78, 5) is 46.9. The van der Waals surface area contributed by atoms with Crippen LogP contribution in [0.15, 0.2) is 0 Å². The molecule has 2 N–H and O–H groups in total. The van der Waals surface area contributed by atoms with Gasteiger partial charge >= 0.3 is 0 Å². The van der Waals surface area contributed by atoms with Crippen molar-refractivity contribution in [2.45, 2.75) is 33.6 Å². The van der Waals surface area contributed by atoms with E-state index in [4.69, 9.17) is 0 Å². The van der Waals surface area contributed by atoms with E-state index in [2.05, 4.69) is 10.6 Å². The Morgan fingerprint density at radius 1 is 1.20 bits per heavy atom. The lowest BCUT2D eigenvalue weighted by atomic mass is 9.96. The van der Waals surface area contributed by atoms with Crippen LogP contribution in [0.4, 0.5) is 0 Å².